The molecule has 0 aliphatic carbocycles. The van der Waals surface area contributed by atoms with Crippen molar-refractivity contribution in [1.82, 2.24) is 28.7 Å². The molecule has 0 radical (unpaired) electrons. The fraction of sp³-hybridized carbons (Fsp3) is 0. The van der Waals surface area contributed by atoms with Crippen LogP contribution < -0.4 is 0 Å². The van der Waals surface area contributed by atoms with Crippen LogP contribution in [0.3, 0.4) is 0 Å². The number of fused-ring (bicyclic) bond motifs is 9. The van der Waals surface area contributed by atoms with E-state index in [0.717, 1.165) is 88.0 Å². The van der Waals surface area contributed by atoms with Crippen LogP contribution in [-0.4, -0.2) is 28.7 Å². The van der Waals surface area contributed by atoms with Gasteiger partial charge in [-0.2, -0.15) is 9.97 Å². The molecular formula is C63H40N6. The second-order valence-corrected chi connectivity index (χ2v) is 16.9. The first kappa shape index (κ1) is 30.0. The van der Waals surface area contributed by atoms with Crippen LogP contribution in [0.2, 0.25) is 0 Å². The van der Waals surface area contributed by atoms with Crippen molar-refractivity contribution in [2.75, 3.05) is 0 Å². The Morgan fingerprint density at radius 3 is 1.14 bits per heavy atom. The summed E-state index contributed by atoms with van der Waals surface area (Å²) in [7, 11) is 0. The van der Waals surface area contributed by atoms with Crippen molar-refractivity contribution in [3.05, 3.63) is 242 Å². The van der Waals surface area contributed by atoms with Crippen molar-refractivity contribution in [3.8, 4) is 62.4 Å². The summed E-state index contributed by atoms with van der Waals surface area (Å²) in [6, 6.07) is 56.4. The first-order chi connectivity index (χ1) is 38.4. The average molecular weight is 891 g/mol. The average Bonchev–Trinajstić information content (AvgIpc) is 4.04. The number of hydrogen-bond donors (Lipinski definition) is 0. The van der Waals surface area contributed by atoms with Gasteiger partial charge in [-0.3, -0.25) is 4.57 Å². The zero-order valence-electron chi connectivity index (χ0n) is 46.5. The standard InChI is InChI=1S/C63H40N6/c1-5-17-41(18-6-1)45-29-33-51-49-25-13-15-27-55(49)67(59(51)37-45)47-31-35-57-53(39-47)54-40-48(68-56-28-16-14-26-50(56)52-34-30-46(38-60(52)68)42-19-7-2-8-20-42)32-36-58(54)69(57)63-65-61(43-21-9-3-10-22-43)64-62(66-63)44-23-11-4-12-24-44/h1-40H/i3D,4D,9D,10D,11D,12D,21D,22D,23D,24D. The Morgan fingerprint density at radius 2 is 0.681 bits per heavy atom. The molecule has 0 bridgehead atoms. The second-order valence-electron chi connectivity index (χ2n) is 16.9. The zero-order valence-corrected chi connectivity index (χ0v) is 36.5. The van der Waals surface area contributed by atoms with Gasteiger partial charge in [0.25, 0.3) is 0 Å². The van der Waals surface area contributed by atoms with E-state index in [1.807, 2.05) is 84.9 Å². The van der Waals surface area contributed by atoms with Gasteiger partial charge < -0.3 is 9.13 Å². The molecule has 14 rings (SSSR count). The van der Waals surface area contributed by atoms with E-state index in [1.165, 1.54) is 0 Å². The molecule has 0 saturated heterocycles. The molecule has 10 aromatic carbocycles. The third kappa shape index (κ3) is 6.30. The number of hydrogen-bond acceptors (Lipinski definition) is 3. The molecule has 0 unspecified atom stereocenters. The van der Waals surface area contributed by atoms with Crippen molar-refractivity contribution in [2.45, 2.75) is 0 Å². The monoisotopic (exact) mass is 890 g/mol. The molecular weight excluding hydrogens is 841 g/mol. The summed E-state index contributed by atoms with van der Waals surface area (Å²) in [5.41, 5.74) is 10.5. The molecule has 0 N–H and O–H groups in total. The van der Waals surface area contributed by atoms with Crippen molar-refractivity contribution in [3.63, 3.8) is 0 Å². The number of para-hydroxylation sites is 2. The largest absolute Gasteiger partial charge is 0.309 e. The number of aromatic nitrogens is 6. The molecule has 0 amide bonds. The summed E-state index contributed by atoms with van der Waals surface area (Å²) in [6.07, 6.45) is 0. The molecule has 0 spiro atoms. The van der Waals surface area contributed by atoms with Crippen molar-refractivity contribution >= 4 is 65.4 Å². The maximum atomic E-state index is 9.03. The Balaban J connectivity index is 1.09. The maximum absolute atomic E-state index is 9.03. The van der Waals surface area contributed by atoms with Crippen LogP contribution in [0.5, 0.6) is 0 Å². The predicted octanol–water partition coefficient (Wildman–Crippen LogP) is 15.8. The maximum Gasteiger partial charge on any atom is 0.238 e. The van der Waals surface area contributed by atoms with Gasteiger partial charge in [0, 0.05) is 54.8 Å². The lowest BCUT2D eigenvalue weighted by Gasteiger charge is -2.12. The summed E-state index contributed by atoms with van der Waals surface area (Å²) in [4.78, 5) is 14.4. The Labute approximate surface area is 411 Å². The lowest BCUT2D eigenvalue weighted by molar-refractivity contribution is 0.953. The molecule has 0 fully saturated rings. The first-order valence-electron chi connectivity index (χ1n) is 27.5. The van der Waals surface area contributed by atoms with Gasteiger partial charge in [0.2, 0.25) is 5.95 Å². The zero-order chi connectivity index (χ0) is 54.1. The van der Waals surface area contributed by atoms with Gasteiger partial charge in [-0.25, -0.2) is 4.98 Å². The third-order valence-electron chi connectivity index (χ3n) is 13.1. The molecule has 4 aromatic heterocycles. The van der Waals surface area contributed by atoms with Crippen LogP contribution in [0.1, 0.15) is 13.7 Å². The summed E-state index contributed by atoms with van der Waals surface area (Å²) in [5.74, 6) is -0.801. The van der Waals surface area contributed by atoms with Gasteiger partial charge >= 0.3 is 0 Å². The van der Waals surface area contributed by atoms with Crippen molar-refractivity contribution in [1.29, 1.82) is 0 Å². The summed E-state index contributed by atoms with van der Waals surface area (Å²) < 4.78 is 93.7. The molecule has 0 saturated carbocycles. The van der Waals surface area contributed by atoms with E-state index in [-0.39, 0.29) is 28.7 Å². The lowest BCUT2D eigenvalue weighted by atomic mass is 10.0. The van der Waals surface area contributed by atoms with Gasteiger partial charge in [0.1, 0.15) is 0 Å². The molecule has 0 aliphatic rings. The normalized spacial score (nSPS) is 13.8. The highest BCUT2D eigenvalue weighted by molar-refractivity contribution is 6.14. The van der Waals surface area contributed by atoms with Crippen molar-refractivity contribution in [2.24, 2.45) is 0 Å². The SMILES string of the molecule is [2H]c1c([2H])c([2H])c(-c2nc(-c3c([2H])c([2H])c([2H])c([2H])c3[2H])nc(-n3c4ccc(-n5c6ccccc6c6ccc(-c7ccccc7)cc65)cc4c4cc(-n5c6ccccc6c6ccc(-c7ccccc7)cc65)ccc43)n2)c([2H])c1[2H]. The molecule has 69 heavy (non-hydrogen) atoms. The number of rotatable bonds is 7. The van der Waals surface area contributed by atoms with Crippen LogP contribution in [-0.2, 0) is 0 Å². The van der Waals surface area contributed by atoms with Gasteiger partial charge in [0.15, 0.2) is 11.6 Å². The number of benzene rings is 10. The summed E-state index contributed by atoms with van der Waals surface area (Å²) in [5, 5.41) is 5.86. The molecule has 0 atom stereocenters. The smallest absolute Gasteiger partial charge is 0.238 e. The van der Waals surface area contributed by atoms with Crippen LogP contribution in [0.4, 0.5) is 0 Å². The van der Waals surface area contributed by atoms with E-state index in [2.05, 4.69) is 111 Å². The van der Waals surface area contributed by atoms with E-state index >= 15 is 0 Å². The van der Waals surface area contributed by atoms with E-state index in [4.69, 9.17) is 23.7 Å². The van der Waals surface area contributed by atoms with Crippen LogP contribution in [0.15, 0.2) is 242 Å². The van der Waals surface area contributed by atoms with E-state index < -0.39 is 60.4 Å². The summed E-state index contributed by atoms with van der Waals surface area (Å²) in [6.45, 7) is 0. The summed E-state index contributed by atoms with van der Waals surface area (Å²) >= 11 is 0. The lowest BCUT2D eigenvalue weighted by Crippen LogP contribution is -2.06. The van der Waals surface area contributed by atoms with E-state index in [0.29, 0.717) is 11.0 Å². The minimum atomic E-state index is -0.624. The molecule has 0 aliphatic heterocycles. The third-order valence-corrected chi connectivity index (χ3v) is 13.1. The van der Waals surface area contributed by atoms with Gasteiger partial charge in [-0.05, 0) is 82.9 Å². The molecule has 6 heteroatoms. The Kier molecular flexibility index (Phi) is 6.79. The van der Waals surface area contributed by atoms with Gasteiger partial charge in [-0.1, -0.05) is 182 Å². The van der Waals surface area contributed by atoms with Crippen LogP contribution in [0.25, 0.3) is 128 Å². The molecule has 14 aromatic rings. The fourth-order valence-corrected chi connectivity index (χ4v) is 10.0. The molecule has 6 nitrogen and oxygen atoms in total. The van der Waals surface area contributed by atoms with E-state index in [9.17, 15) is 0 Å². The Morgan fingerprint density at radius 1 is 0.275 bits per heavy atom. The Bertz CT molecular complexity index is 4560. The minimum absolute atomic E-state index is 0.0899. The first-order valence-corrected chi connectivity index (χ1v) is 22.5. The van der Waals surface area contributed by atoms with Gasteiger partial charge in [0.05, 0.1) is 46.8 Å². The second kappa shape index (κ2) is 15.6. The minimum Gasteiger partial charge on any atom is -0.309 e. The van der Waals surface area contributed by atoms with E-state index in [1.54, 1.807) is 4.57 Å². The van der Waals surface area contributed by atoms with Crippen LogP contribution in [0, 0.1) is 0 Å². The molecule has 322 valence electrons. The quantitative estimate of drug-likeness (QED) is 0.160. The fourth-order valence-electron chi connectivity index (χ4n) is 10.0. The number of nitrogens with zero attached hydrogens (tertiary/aromatic N) is 6. The molecule has 4 heterocycles. The highest BCUT2D eigenvalue weighted by atomic mass is 15.2. The highest BCUT2D eigenvalue weighted by Gasteiger charge is 2.22. The topological polar surface area (TPSA) is 53.5 Å². The highest BCUT2D eigenvalue weighted by Crippen LogP contribution is 2.41. The van der Waals surface area contributed by atoms with Crippen molar-refractivity contribution < 1.29 is 13.7 Å². The van der Waals surface area contributed by atoms with Crippen LogP contribution >= 0.6 is 0 Å². The predicted molar refractivity (Wildman–Crippen MR) is 285 cm³/mol. The Hall–Kier alpha value is -9.39. The van der Waals surface area contributed by atoms with Gasteiger partial charge in [-0.15, -0.1) is 0 Å².